The molecule has 0 bridgehead atoms. The molecule has 1 aromatic heterocycles. The number of rotatable bonds is 2. The van der Waals surface area contributed by atoms with Crippen molar-refractivity contribution in [1.29, 1.82) is 0 Å². The SMILES string of the molecule is CC(C)n1c(C2(C)CCCN2)nc2cc(F)ccc21. The van der Waals surface area contributed by atoms with Crippen LogP contribution >= 0.6 is 0 Å². The monoisotopic (exact) mass is 261 g/mol. The van der Waals surface area contributed by atoms with Crippen molar-refractivity contribution in [3.8, 4) is 0 Å². The van der Waals surface area contributed by atoms with Crippen molar-refractivity contribution in [3.05, 3.63) is 29.8 Å². The van der Waals surface area contributed by atoms with E-state index < -0.39 is 0 Å². The summed E-state index contributed by atoms with van der Waals surface area (Å²) in [6.07, 6.45) is 2.23. The smallest absolute Gasteiger partial charge is 0.130 e. The molecule has 0 radical (unpaired) electrons. The highest BCUT2D eigenvalue weighted by atomic mass is 19.1. The fourth-order valence-corrected chi connectivity index (χ4v) is 3.07. The highest BCUT2D eigenvalue weighted by Gasteiger charge is 2.35. The zero-order valence-corrected chi connectivity index (χ0v) is 11.7. The molecule has 1 aliphatic rings. The van der Waals surface area contributed by atoms with Gasteiger partial charge in [-0.25, -0.2) is 9.37 Å². The zero-order valence-electron chi connectivity index (χ0n) is 11.7. The Kier molecular flexibility index (Phi) is 2.86. The Morgan fingerprint density at radius 1 is 1.42 bits per heavy atom. The van der Waals surface area contributed by atoms with Crippen molar-refractivity contribution in [3.63, 3.8) is 0 Å². The highest BCUT2D eigenvalue weighted by Crippen LogP contribution is 2.34. The van der Waals surface area contributed by atoms with Gasteiger partial charge in [0.05, 0.1) is 16.6 Å². The van der Waals surface area contributed by atoms with Gasteiger partial charge in [-0.05, 0) is 52.3 Å². The first-order valence-electron chi connectivity index (χ1n) is 6.94. The van der Waals surface area contributed by atoms with Crippen molar-refractivity contribution in [2.24, 2.45) is 0 Å². The lowest BCUT2D eigenvalue weighted by molar-refractivity contribution is 0.378. The quantitative estimate of drug-likeness (QED) is 0.898. The standard InChI is InChI=1S/C15H20FN3/c1-10(2)19-13-6-5-11(16)9-12(13)18-14(19)15(3)7-4-8-17-15/h5-6,9-10,17H,4,7-8H2,1-3H3. The van der Waals surface area contributed by atoms with Crippen molar-refractivity contribution in [1.82, 2.24) is 14.9 Å². The summed E-state index contributed by atoms with van der Waals surface area (Å²) < 4.78 is 15.6. The van der Waals surface area contributed by atoms with Gasteiger partial charge in [-0.3, -0.25) is 0 Å². The lowest BCUT2D eigenvalue weighted by Gasteiger charge is -2.26. The number of nitrogens with one attached hydrogen (secondary N) is 1. The van der Waals surface area contributed by atoms with Gasteiger partial charge in [0, 0.05) is 12.1 Å². The Morgan fingerprint density at radius 2 is 2.21 bits per heavy atom. The first-order chi connectivity index (χ1) is 9.01. The van der Waals surface area contributed by atoms with Crippen molar-refractivity contribution in [2.75, 3.05) is 6.54 Å². The molecule has 3 rings (SSSR count). The molecule has 3 nitrogen and oxygen atoms in total. The van der Waals surface area contributed by atoms with Crippen LogP contribution < -0.4 is 5.32 Å². The van der Waals surface area contributed by atoms with E-state index in [0.29, 0.717) is 6.04 Å². The largest absolute Gasteiger partial charge is 0.324 e. The normalized spacial score (nSPS) is 23.6. The molecule has 2 heterocycles. The number of fused-ring (bicyclic) bond motifs is 1. The average Bonchev–Trinajstić information content (AvgIpc) is 2.93. The second kappa shape index (κ2) is 4.30. The Hall–Kier alpha value is -1.42. The summed E-state index contributed by atoms with van der Waals surface area (Å²) >= 11 is 0. The third-order valence-corrected chi connectivity index (χ3v) is 4.03. The number of halogens is 1. The van der Waals surface area contributed by atoms with E-state index in [2.05, 4.69) is 30.7 Å². The number of hydrogen-bond acceptors (Lipinski definition) is 2. The van der Waals surface area contributed by atoms with E-state index in [4.69, 9.17) is 4.98 Å². The molecule has 0 aliphatic carbocycles. The molecule has 0 spiro atoms. The van der Waals surface area contributed by atoms with Crippen molar-refractivity contribution >= 4 is 11.0 Å². The molecule has 1 atom stereocenters. The van der Waals surface area contributed by atoms with E-state index in [9.17, 15) is 4.39 Å². The van der Waals surface area contributed by atoms with E-state index in [1.807, 2.05) is 6.07 Å². The molecule has 1 fully saturated rings. The van der Waals surface area contributed by atoms with Gasteiger partial charge in [0.15, 0.2) is 0 Å². The van der Waals surface area contributed by atoms with Gasteiger partial charge >= 0.3 is 0 Å². The van der Waals surface area contributed by atoms with Crippen LogP contribution in [0.4, 0.5) is 4.39 Å². The molecule has 19 heavy (non-hydrogen) atoms. The third-order valence-electron chi connectivity index (χ3n) is 4.03. The number of hydrogen-bond donors (Lipinski definition) is 1. The third kappa shape index (κ3) is 1.94. The zero-order chi connectivity index (χ0) is 13.6. The fourth-order valence-electron chi connectivity index (χ4n) is 3.07. The lowest BCUT2D eigenvalue weighted by Crippen LogP contribution is -2.36. The van der Waals surface area contributed by atoms with Gasteiger partial charge in [-0.1, -0.05) is 0 Å². The predicted octanol–water partition coefficient (Wildman–Crippen LogP) is 3.35. The van der Waals surface area contributed by atoms with Gasteiger partial charge in [-0.2, -0.15) is 0 Å². The van der Waals surface area contributed by atoms with E-state index in [1.54, 1.807) is 0 Å². The first-order valence-corrected chi connectivity index (χ1v) is 6.94. The van der Waals surface area contributed by atoms with E-state index >= 15 is 0 Å². The minimum atomic E-state index is -0.225. The molecule has 1 saturated heterocycles. The van der Waals surface area contributed by atoms with Crippen LogP contribution in [0.1, 0.15) is 45.5 Å². The lowest BCUT2D eigenvalue weighted by atomic mass is 9.99. The number of aromatic nitrogens is 2. The van der Waals surface area contributed by atoms with Crippen LogP contribution in [0.15, 0.2) is 18.2 Å². The molecule has 1 N–H and O–H groups in total. The summed E-state index contributed by atoms with van der Waals surface area (Å²) in [6.45, 7) is 7.50. The van der Waals surface area contributed by atoms with E-state index in [0.717, 1.165) is 36.2 Å². The summed E-state index contributed by atoms with van der Waals surface area (Å²) in [5, 5.41) is 3.54. The van der Waals surface area contributed by atoms with E-state index in [-0.39, 0.29) is 11.4 Å². The van der Waals surface area contributed by atoms with Crippen LogP contribution in [0.3, 0.4) is 0 Å². The highest BCUT2D eigenvalue weighted by molar-refractivity contribution is 5.76. The van der Waals surface area contributed by atoms with Gasteiger partial charge in [-0.15, -0.1) is 0 Å². The minimum Gasteiger partial charge on any atom is -0.324 e. The van der Waals surface area contributed by atoms with Crippen LogP contribution in [-0.4, -0.2) is 16.1 Å². The van der Waals surface area contributed by atoms with Crippen LogP contribution in [0.25, 0.3) is 11.0 Å². The predicted molar refractivity (Wildman–Crippen MR) is 74.7 cm³/mol. The van der Waals surface area contributed by atoms with Crippen LogP contribution in [0.2, 0.25) is 0 Å². The molecule has 1 aromatic carbocycles. The topological polar surface area (TPSA) is 29.9 Å². The van der Waals surface area contributed by atoms with E-state index in [1.165, 1.54) is 12.1 Å². The van der Waals surface area contributed by atoms with Crippen LogP contribution in [0, 0.1) is 5.82 Å². The molecular formula is C15H20FN3. The van der Waals surface area contributed by atoms with Crippen molar-refractivity contribution in [2.45, 2.75) is 45.2 Å². The number of imidazole rings is 1. The van der Waals surface area contributed by atoms with Gasteiger partial charge in [0.25, 0.3) is 0 Å². The average molecular weight is 261 g/mol. The maximum atomic E-state index is 13.4. The van der Waals surface area contributed by atoms with Crippen LogP contribution in [-0.2, 0) is 5.54 Å². The van der Waals surface area contributed by atoms with Gasteiger partial charge in [0.2, 0.25) is 0 Å². The molecule has 2 aromatic rings. The fraction of sp³-hybridized carbons (Fsp3) is 0.533. The molecule has 102 valence electrons. The molecular weight excluding hydrogens is 241 g/mol. The van der Waals surface area contributed by atoms with Gasteiger partial charge < -0.3 is 9.88 Å². The van der Waals surface area contributed by atoms with Crippen molar-refractivity contribution < 1.29 is 4.39 Å². The minimum absolute atomic E-state index is 0.0975. The molecule has 0 saturated carbocycles. The summed E-state index contributed by atoms with van der Waals surface area (Å²) in [5.41, 5.74) is 1.67. The summed E-state index contributed by atoms with van der Waals surface area (Å²) in [4.78, 5) is 4.71. The second-order valence-corrected chi connectivity index (χ2v) is 5.89. The number of benzene rings is 1. The molecule has 1 aliphatic heterocycles. The molecule has 0 amide bonds. The second-order valence-electron chi connectivity index (χ2n) is 5.89. The molecule has 1 unspecified atom stereocenters. The first kappa shape index (κ1) is 12.6. The number of nitrogens with zero attached hydrogens (tertiary/aromatic N) is 2. The Balaban J connectivity index is 2.25. The Labute approximate surface area is 112 Å². The summed E-state index contributed by atoms with van der Waals surface area (Å²) in [5.74, 6) is 0.803. The molecule has 4 heteroatoms. The summed E-state index contributed by atoms with van der Waals surface area (Å²) in [6, 6.07) is 5.18. The Morgan fingerprint density at radius 3 is 2.84 bits per heavy atom. The van der Waals surface area contributed by atoms with Crippen LogP contribution in [0.5, 0.6) is 0 Å². The maximum Gasteiger partial charge on any atom is 0.130 e. The summed E-state index contributed by atoms with van der Waals surface area (Å²) in [7, 11) is 0. The maximum absolute atomic E-state index is 13.4. The Bertz CT molecular complexity index is 609. The van der Waals surface area contributed by atoms with Gasteiger partial charge in [0.1, 0.15) is 11.6 Å².